The Morgan fingerprint density at radius 1 is 1.31 bits per heavy atom. The Balaban J connectivity index is 2.08. The van der Waals surface area contributed by atoms with Crippen molar-refractivity contribution in [3.8, 4) is 0 Å². The lowest BCUT2D eigenvalue weighted by molar-refractivity contribution is -0.156. The number of nitrogens with zero attached hydrogens (tertiary/aromatic N) is 1. The van der Waals surface area contributed by atoms with Crippen LogP contribution in [-0.2, 0) is 18.7 Å². The minimum absolute atomic E-state index is 0.0442. The average molecular weight is 385 g/mol. The van der Waals surface area contributed by atoms with E-state index in [0.29, 0.717) is 6.42 Å². The van der Waals surface area contributed by atoms with Crippen LogP contribution in [0.1, 0.15) is 34.1 Å². The molecule has 1 N–H and O–H groups in total. The van der Waals surface area contributed by atoms with E-state index in [1.165, 1.54) is 0 Å². The van der Waals surface area contributed by atoms with Crippen molar-refractivity contribution in [3.63, 3.8) is 0 Å². The van der Waals surface area contributed by atoms with E-state index in [2.05, 4.69) is 39.2 Å². The van der Waals surface area contributed by atoms with Crippen LogP contribution in [0.4, 0.5) is 0 Å². The lowest BCUT2D eigenvalue weighted by Crippen LogP contribution is -2.49. The van der Waals surface area contributed by atoms with Gasteiger partial charge in [0.1, 0.15) is 0 Å². The molecule has 0 radical (unpaired) electrons. The Morgan fingerprint density at radius 2 is 1.92 bits per heavy atom. The summed E-state index contributed by atoms with van der Waals surface area (Å²) in [5, 5.41) is 3.39. The predicted octanol–water partition coefficient (Wildman–Crippen LogP) is 2.52. The number of amides is 1. The molecule has 0 aliphatic carbocycles. The molecule has 2 heterocycles. The first kappa shape index (κ1) is 21.6. The van der Waals surface area contributed by atoms with Crippen molar-refractivity contribution >= 4 is 14.2 Å². The summed E-state index contributed by atoms with van der Waals surface area (Å²) in [5.74, 6) is 0.0442. The van der Waals surface area contributed by atoms with Crippen molar-refractivity contribution in [2.45, 2.75) is 70.7 Å². The van der Waals surface area contributed by atoms with Gasteiger partial charge in [0.2, 0.25) is 5.91 Å². The number of hydrogen-bond donors (Lipinski definition) is 1. The highest BCUT2D eigenvalue weighted by Crippen LogP contribution is 2.39. The maximum Gasteiger partial charge on any atom is 0.246 e. The minimum atomic E-state index is -1.93. The van der Waals surface area contributed by atoms with E-state index in [9.17, 15) is 4.79 Å². The molecular formula is C19H36N2O4Si. The van der Waals surface area contributed by atoms with Crippen LogP contribution in [0.2, 0.25) is 18.1 Å². The predicted molar refractivity (Wildman–Crippen MR) is 106 cm³/mol. The molecule has 3 atom stereocenters. The molecule has 2 aliphatic heterocycles. The summed E-state index contributed by atoms with van der Waals surface area (Å²) in [4.78, 5) is 14.5. The van der Waals surface area contributed by atoms with E-state index in [4.69, 9.17) is 13.9 Å². The lowest BCUT2D eigenvalue weighted by Gasteiger charge is -2.43. The lowest BCUT2D eigenvalue weighted by atomic mass is 9.97. The molecule has 2 rings (SSSR count). The molecule has 0 bridgehead atoms. The minimum Gasteiger partial charge on any atom is -0.392 e. The zero-order chi connectivity index (χ0) is 19.5. The normalized spacial score (nSPS) is 29.9. The number of carbonyl (C=O) groups excluding carboxylic acids is 1. The maximum atomic E-state index is 12.6. The number of methoxy groups -OCH3 is 1. The third kappa shape index (κ3) is 5.16. The van der Waals surface area contributed by atoms with Crippen molar-refractivity contribution < 1.29 is 18.7 Å². The third-order valence-electron chi connectivity index (χ3n) is 5.84. The fourth-order valence-corrected chi connectivity index (χ4v) is 4.24. The standard InChI is InChI=1S/C19H36N2O4Si/c1-14-15(12-17(22)21-10-8-20-9-11-21)16(23-5)13-18(24-14)25-26(6,7)19(2,3)4/h12,14,16,18,20H,8-11,13H2,1-7H3/b15-12-/t14-,16-,18-/m0/s1. The zero-order valence-electron chi connectivity index (χ0n) is 17.4. The number of rotatable bonds is 4. The van der Waals surface area contributed by atoms with Crippen LogP contribution in [0, 0.1) is 0 Å². The van der Waals surface area contributed by atoms with E-state index in [1.807, 2.05) is 11.8 Å². The second-order valence-electron chi connectivity index (χ2n) is 8.77. The van der Waals surface area contributed by atoms with Crippen LogP contribution in [0.15, 0.2) is 11.6 Å². The molecule has 150 valence electrons. The molecule has 0 aromatic rings. The van der Waals surface area contributed by atoms with Crippen LogP contribution in [0.3, 0.4) is 0 Å². The summed E-state index contributed by atoms with van der Waals surface area (Å²) in [6.45, 7) is 16.3. The van der Waals surface area contributed by atoms with Gasteiger partial charge in [-0.1, -0.05) is 20.8 Å². The molecule has 0 unspecified atom stereocenters. The quantitative estimate of drug-likeness (QED) is 0.596. The zero-order valence-corrected chi connectivity index (χ0v) is 18.4. The maximum absolute atomic E-state index is 12.6. The van der Waals surface area contributed by atoms with Gasteiger partial charge in [-0.05, 0) is 30.6 Å². The van der Waals surface area contributed by atoms with E-state index < -0.39 is 8.32 Å². The largest absolute Gasteiger partial charge is 0.392 e. The SMILES string of the molecule is CO[C@H]1C[C@H](O[Si](C)(C)C(C)(C)C)O[C@@H](C)/C1=C/C(=O)N1CCNCC1. The van der Waals surface area contributed by atoms with Gasteiger partial charge in [0.15, 0.2) is 14.6 Å². The second-order valence-corrected chi connectivity index (χ2v) is 13.5. The van der Waals surface area contributed by atoms with Crippen molar-refractivity contribution in [2.75, 3.05) is 33.3 Å². The highest BCUT2D eigenvalue weighted by atomic mass is 28.4. The fraction of sp³-hybridized carbons (Fsp3) is 0.842. The summed E-state index contributed by atoms with van der Waals surface area (Å²) in [6, 6.07) is 0. The topological polar surface area (TPSA) is 60.0 Å². The molecule has 0 aromatic carbocycles. The van der Waals surface area contributed by atoms with Gasteiger partial charge >= 0.3 is 0 Å². The summed E-state index contributed by atoms with van der Waals surface area (Å²) in [7, 11) is -0.237. The van der Waals surface area contributed by atoms with Gasteiger partial charge in [-0.2, -0.15) is 0 Å². The monoisotopic (exact) mass is 384 g/mol. The Kier molecular flexibility index (Phi) is 7.07. The Labute approximate surface area is 159 Å². The van der Waals surface area contributed by atoms with Crippen LogP contribution >= 0.6 is 0 Å². The number of piperazine rings is 1. The van der Waals surface area contributed by atoms with Gasteiger partial charge < -0.3 is 24.1 Å². The summed E-state index contributed by atoms with van der Waals surface area (Å²) >= 11 is 0. The average Bonchev–Trinajstić information content (AvgIpc) is 2.56. The molecule has 2 aliphatic rings. The van der Waals surface area contributed by atoms with Crippen LogP contribution in [0.25, 0.3) is 0 Å². The van der Waals surface area contributed by atoms with Gasteiger partial charge in [-0.25, -0.2) is 0 Å². The van der Waals surface area contributed by atoms with Gasteiger partial charge in [0.05, 0.1) is 12.2 Å². The van der Waals surface area contributed by atoms with Crippen molar-refractivity contribution in [1.29, 1.82) is 0 Å². The summed E-state index contributed by atoms with van der Waals surface area (Å²) < 4.78 is 18.2. The molecule has 7 heteroatoms. The highest BCUT2D eigenvalue weighted by Gasteiger charge is 2.42. The van der Waals surface area contributed by atoms with Gasteiger partial charge in [-0.15, -0.1) is 0 Å². The molecule has 2 saturated heterocycles. The van der Waals surface area contributed by atoms with E-state index >= 15 is 0 Å². The van der Waals surface area contributed by atoms with Crippen LogP contribution < -0.4 is 5.32 Å². The highest BCUT2D eigenvalue weighted by molar-refractivity contribution is 6.74. The van der Waals surface area contributed by atoms with Gasteiger partial charge in [-0.3, -0.25) is 4.79 Å². The molecule has 26 heavy (non-hydrogen) atoms. The van der Waals surface area contributed by atoms with Crippen molar-refractivity contribution in [1.82, 2.24) is 10.2 Å². The van der Waals surface area contributed by atoms with E-state index in [1.54, 1.807) is 13.2 Å². The molecule has 0 spiro atoms. The first-order valence-corrected chi connectivity index (χ1v) is 12.5. The first-order chi connectivity index (χ1) is 12.0. The Morgan fingerprint density at radius 3 is 2.46 bits per heavy atom. The van der Waals surface area contributed by atoms with Gasteiger partial charge in [0, 0.05) is 45.8 Å². The Hall–Kier alpha value is -0.733. The number of carbonyl (C=O) groups is 1. The van der Waals surface area contributed by atoms with E-state index in [0.717, 1.165) is 31.8 Å². The van der Waals surface area contributed by atoms with Gasteiger partial charge in [0.25, 0.3) is 0 Å². The van der Waals surface area contributed by atoms with Crippen molar-refractivity contribution in [3.05, 3.63) is 11.6 Å². The number of hydrogen-bond acceptors (Lipinski definition) is 5. The summed E-state index contributed by atoms with van der Waals surface area (Å²) in [5.41, 5.74) is 0.908. The van der Waals surface area contributed by atoms with Crippen LogP contribution in [0.5, 0.6) is 0 Å². The molecule has 6 nitrogen and oxygen atoms in total. The number of nitrogens with one attached hydrogen (secondary N) is 1. The molecule has 0 saturated carbocycles. The second kappa shape index (κ2) is 8.52. The molecule has 2 fully saturated rings. The Bertz CT molecular complexity index is 524. The van der Waals surface area contributed by atoms with Crippen LogP contribution in [-0.4, -0.2) is 70.9 Å². The summed E-state index contributed by atoms with van der Waals surface area (Å²) in [6.07, 6.45) is 1.69. The molecule has 1 amide bonds. The number of ether oxygens (including phenoxy) is 2. The van der Waals surface area contributed by atoms with Crippen molar-refractivity contribution in [2.24, 2.45) is 0 Å². The molecular weight excluding hydrogens is 348 g/mol. The first-order valence-electron chi connectivity index (χ1n) is 9.62. The van der Waals surface area contributed by atoms with E-state index in [-0.39, 0.29) is 29.4 Å². The smallest absolute Gasteiger partial charge is 0.246 e. The fourth-order valence-electron chi connectivity index (χ4n) is 3.08. The third-order valence-corrected chi connectivity index (χ3v) is 10.3. The molecule has 0 aromatic heterocycles.